The summed E-state index contributed by atoms with van der Waals surface area (Å²) in [5, 5.41) is 3.61. The van der Waals surface area contributed by atoms with E-state index in [-0.39, 0.29) is 17.1 Å². The van der Waals surface area contributed by atoms with Crippen molar-refractivity contribution < 1.29 is 12.9 Å². The average Bonchev–Trinajstić information content (AvgIpc) is 2.78. The minimum absolute atomic E-state index is 0.0363. The number of hydrogen-bond acceptors (Lipinski definition) is 5. The van der Waals surface area contributed by atoms with Crippen LogP contribution in [0.3, 0.4) is 0 Å². The summed E-state index contributed by atoms with van der Waals surface area (Å²) < 4.78 is 31.7. The first-order valence-electron chi connectivity index (χ1n) is 4.93. The normalized spacial score (nSPS) is 11.6. The second kappa shape index (κ2) is 5.09. The van der Waals surface area contributed by atoms with Gasteiger partial charge in [0.1, 0.15) is 11.2 Å². The fourth-order valence-electron chi connectivity index (χ4n) is 1.34. The molecule has 0 saturated heterocycles. The second-order valence-electron chi connectivity index (χ2n) is 3.50. The molecule has 3 N–H and O–H groups in total. The third kappa shape index (κ3) is 2.89. The Morgan fingerprint density at radius 2 is 2.17 bits per heavy atom. The van der Waals surface area contributed by atoms with Crippen molar-refractivity contribution >= 4 is 31.6 Å². The van der Waals surface area contributed by atoms with Crippen LogP contribution < -0.4 is 10.5 Å². The van der Waals surface area contributed by atoms with Crippen LogP contribution in [0.5, 0.6) is 0 Å². The van der Waals surface area contributed by atoms with Gasteiger partial charge in [-0.3, -0.25) is 0 Å². The zero-order valence-electron chi connectivity index (χ0n) is 9.13. The van der Waals surface area contributed by atoms with E-state index in [0.717, 1.165) is 4.47 Å². The van der Waals surface area contributed by atoms with Crippen LogP contribution in [0.1, 0.15) is 5.69 Å². The Bertz CT molecular complexity index is 640. The smallest absolute Gasteiger partial charge is 0.242 e. The molecule has 1 aromatic heterocycles. The van der Waals surface area contributed by atoms with Crippen LogP contribution in [0.2, 0.25) is 0 Å². The number of nitrogens with zero attached hydrogens (tertiary/aromatic N) is 1. The Kier molecular flexibility index (Phi) is 3.69. The molecule has 0 unspecified atom stereocenters. The molecule has 0 amide bonds. The first-order valence-corrected chi connectivity index (χ1v) is 7.20. The Morgan fingerprint density at radius 1 is 1.39 bits per heavy atom. The summed E-state index contributed by atoms with van der Waals surface area (Å²) in [6.07, 6.45) is 1.37. The van der Waals surface area contributed by atoms with E-state index in [0.29, 0.717) is 5.69 Å². The predicted molar refractivity (Wildman–Crippen MR) is 69.1 cm³/mol. The van der Waals surface area contributed by atoms with Crippen LogP contribution in [0.15, 0.2) is 44.4 Å². The van der Waals surface area contributed by atoms with Gasteiger partial charge in [-0.1, -0.05) is 21.1 Å². The summed E-state index contributed by atoms with van der Waals surface area (Å²) >= 11 is 3.22. The van der Waals surface area contributed by atoms with Gasteiger partial charge in [0.2, 0.25) is 10.0 Å². The van der Waals surface area contributed by atoms with Gasteiger partial charge in [0.25, 0.3) is 0 Å². The molecule has 0 bridgehead atoms. The molecule has 0 aliphatic rings. The van der Waals surface area contributed by atoms with Gasteiger partial charge in [0, 0.05) is 10.5 Å². The molecule has 0 fully saturated rings. The first-order chi connectivity index (χ1) is 8.49. The van der Waals surface area contributed by atoms with Crippen molar-refractivity contribution in [1.29, 1.82) is 0 Å². The molecule has 1 aromatic carbocycles. The van der Waals surface area contributed by atoms with E-state index in [9.17, 15) is 8.42 Å². The zero-order valence-corrected chi connectivity index (χ0v) is 11.5. The van der Waals surface area contributed by atoms with Gasteiger partial charge in [-0.05, 0) is 18.2 Å². The third-order valence-corrected chi connectivity index (χ3v) is 4.16. The van der Waals surface area contributed by atoms with Gasteiger partial charge in [-0.15, -0.1) is 0 Å². The number of anilines is 1. The van der Waals surface area contributed by atoms with E-state index in [1.165, 1.54) is 18.4 Å². The van der Waals surface area contributed by atoms with Crippen molar-refractivity contribution in [1.82, 2.24) is 9.88 Å². The predicted octanol–water partition coefficient (Wildman–Crippen LogP) is 1.50. The highest BCUT2D eigenvalue weighted by Gasteiger charge is 2.17. The van der Waals surface area contributed by atoms with Crippen molar-refractivity contribution in [2.75, 3.05) is 5.73 Å². The molecule has 0 saturated carbocycles. The Morgan fingerprint density at radius 3 is 2.78 bits per heavy atom. The molecule has 0 aliphatic carbocycles. The Hall–Kier alpha value is -1.38. The SMILES string of the molecule is Nc1cc(Br)ccc1S(=O)(=O)NCc1ccon1. The topological polar surface area (TPSA) is 98.2 Å². The number of nitrogen functional groups attached to an aromatic ring is 1. The van der Waals surface area contributed by atoms with Gasteiger partial charge >= 0.3 is 0 Å². The minimum Gasteiger partial charge on any atom is -0.398 e. The maximum absolute atomic E-state index is 12.0. The van der Waals surface area contributed by atoms with Crippen molar-refractivity contribution in [2.24, 2.45) is 0 Å². The van der Waals surface area contributed by atoms with Gasteiger partial charge in [0.05, 0.1) is 17.9 Å². The summed E-state index contributed by atoms with van der Waals surface area (Å²) in [7, 11) is -3.66. The molecule has 0 spiro atoms. The Labute approximate surface area is 112 Å². The maximum atomic E-state index is 12.0. The van der Waals surface area contributed by atoms with Crippen molar-refractivity contribution in [3.63, 3.8) is 0 Å². The molecule has 1 heterocycles. The van der Waals surface area contributed by atoms with E-state index in [1.54, 1.807) is 12.1 Å². The van der Waals surface area contributed by atoms with Gasteiger partial charge < -0.3 is 10.3 Å². The number of sulfonamides is 1. The molecule has 0 aliphatic heterocycles. The number of nitrogens with one attached hydrogen (secondary N) is 1. The van der Waals surface area contributed by atoms with E-state index in [2.05, 4.69) is 30.3 Å². The van der Waals surface area contributed by atoms with Crippen LogP contribution in [0.4, 0.5) is 5.69 Å². The molecule has 2 aromatic rings. The highest BCUT2D eigenvalue weighted by atomic mass is 79.9. The lowest BCUT2D eigenvalue weighted by Crippen LogP contribution is -2.24. The van der Waals surface area contributed by atoms with Crippen LogP contribution in [-0.4, -0.2) is 13.6 Å². The lowest BCUT2D eigenvalue weighted by Gasteiger charge is -2.08. The summed E-state index contributed by atoms with van der Waals surface area (Å²) in [6, 6.07) is 6.16. The van der Waals surface area contributed by atoms with Crippen molar-refractivity contribution in [3.05, 3.63) is 40.7 Å². The molecule has 8 heteroatoms. The third-order valence-electron chi connectivity index (χ3n) is 2.20. The molecule has 6 nitrogen and oxygen atoms in total. The minimum atomic E-state index is -3.66. The van der Waals surface area contributed by atoms with Crippen molar-refractivity contribution in [2.45, 2.75) is 11.4 Å². The second-order valence-corrected chi connectivity index (χ2v) is 6.15. The molecule has 96 valence electrons. The highest BCUT2D eigenvalue weighted by Crippen LogP contribution is 2.22. The van der Waals surface area contributed by atoms with E-state index in [1.807, 2.05) is 0 Å². The molecular formula is C10H10BrN3O3S. The first kappa shape index (κ1) is 13.1. The number of nitrogens with two attached hydrogens (primary N) is 1. The standard InChI is InChI=1S/C10H10BrN3O3S/c11-7-1-2-10(9(12)5-7)18(15,16)13-6-8-3-4-17-14-8/h1-5,13H,6,12H2. The van der Waals surface area contributed by atoms with E-state index in [4.69, 9.17) is 5.73 Å². The van der Waals surface area contributed by atoms with Crippen LogP contribution in [0, 0.1) is 0 Å². The largest absolute Gasteiger partial charge is 0.398 e. The fraction of sp³-hybridized carbons (Fsp3) is 0.100. The molecular weight excluding hydrogens is 322 g/mol. The highest BCUT2D eigenvalue weighted by molar-refractivity contribution is 9.10. The van der Waals surface area contributed by atoms with Crippen LogP contribution in [0.25, 0.3) is 0 Å². The van der Waals surface area contributed by atoms with Gasteiger partial charge in [-0.25, -0.2) is 13.1 Å². The summed E-state index contributed by atoms with van der Waals surface area (Å²) in [4.78, 5) is 0.0363. The summed E-state index contributed by atoms with van der Waals surface area (Å²) in [6.45, 7) is 0.0499. The fourth-order valence-corrected chi connectivity index (χ4v) is 2.83. The Balaban J connectivity index is 2.20. The number of hydrogen-bond donors (Lipinski definition) is 2. The van der Waals surface area contributed by atoms with Crippen LogP contribution in [-0.2, 0) is 16.6 Å². The average molecular weight is 332 g/mol. The summed E-state index contributed by atoms with van der Waals surface area (Å²) in [5.74, 6) is 0. The van der Waals surface area contributed by atoms with Gasteiger partial charge in [-0.2, -0.15) is 0 Å². The monoisotopic (exact) mass is 331 g/mol. The van der Waals surface area contributed by atoms with Crippen molar-refractivity contribution in [3.8, 4) is 0 Å². The maximum Gasteiger partial charge on any atom is 0.242 e. The number of halogens is 1. The zero-order chi connectivity index (χ0) is 13.2. The number of rotatable bonds is 4. The van der Waals surface area contributed by atoms with Crippen LogP contribution >= 0.6 is 15.9 Å². The molecule has 2 rings (SSSR count). The van der Waals surface area contributed by atoms with E-state index >= 15 is 0 Å². The molecule has 0 radical (unpaired) electrons. The quantitative estimate of drug-likeness (QED) is 0.827. The molecule has 0 atom stereocenters. The molecule has 18 heavy (non-hydrogen) atoms. The van der Waals surface area contributed by atoms with E-state index < -0.39 is 10.0 Å². The summed E-state index contributed by atoms with van der Waals surface area (Å²) in [5.41, 5.74) is 6.35. The number of benzene rings is 1. The lowest BCUT2D eigenvalue weighted by atomic mass is 10.3. The van der Waals surface area contributed by atoms with Gasteiger partial charge in [0.15, 0.2) is 0 Å². The number of aromatic nitrogens is 1. The lowest BCUT2D eigenvalue weighted by molar-refractivity contribution is 0.411.